The first kappa shape index (κ1) is 27.6. The van der Waals surface area contributed by atoms with Crippen LogP contribution in [0, 0.1) is 0 Å². The van der Waals surface area contributed by atoms with E-state index in [1.807, 2.05) is 22.6 Å². The molecule has 12 aromatic rings. The molecule has 0 saturated heterocycles. The van der Waals surface area contributed by atoms with Crippen LogP contribution in [0.4, 0.5) is 0 Å². The van der Waals surface area contributed by atoms with Gasteiger partial charge in [-0.05, 0) is 112 Å². The van der Waals surface area contributed by atoms with E-state index in [2.05, 4.69) is 140 Å². The summed E-state index contributed by atoms with van der Waals surface area (Å²) < 4.78 is 1.83. The highest BCUT2D eigenvalue weighted by molar-refractivity contribution is 6.41. The number of aromatic nitrogens is 2. The minimum Gasteiger partial charge on any atom is -0.268 e. The van der Waals surface area contributed by atoms with Crippen molar-refractivity contribution in [2.45, 2.75) is 0 Å². The molecule has 0 atom stereocenters. The van der Waals surface area contributed by atoms with Gasteiger partial charge in [-0.3, -0.25) is 9.20 Å². The fourth-order valence-corrected chi connectivity index (χ4v) is 9.91. The smallest absolute Gasteiger partial charge is 0.264 e. The second kappa shape index (κ2) is 9.61. The fourth-order valence-electron chi connectivity index (χ4n) is 9.91. The van der Waals surface area contributed by atoms with Crippen molar-refractivity contribution in [3.63, 3.8) is 0 Å². The summed E-state index contributed by atoms with van der Waals surface area (Å²) in [5.41, 5.74) is 12.5. The Hall–Kier alpha value is -7.10. The van der Waals surface area contributed by atoms with E-state index >= 15 is 0 Å². The lowest BCUT2D eigenvalue weighted by Gasteiger charge is -2.19. The van der Waals surface area contributed by atoms with Gasteiger partial charge in [0.15, 0.2) is 0 Å². The molecule has 0 spiro atoms. The van der Waals surface area contributed by atoms with Crippen molar-refractivity contribution in [3.8, 4) is 44.5 Å². The molecule has 10 aromatic carbocycles. The molecule has 242 valence electrons. The zero-order valence-corrected chi connectivity index (χ0v) is 28.3. The summed E-state index contributed by atoms with van der Waals surface area (Å²) in [6.07, 6.45) is 0. The second-order valence-corrected chi connectivity index (χ2v) is 14.5. The summed E-state index contributed by atoms with van der Waals surface area (Å²) >= 11 is 0. The molecule has 1 aliphatic carbocycles. The highest BCUT2D eigenvalue weighted by Gasteiger charge is 2.30. The number of hydrogen-bond acceptors (Lipinski definition) is 2. The number of hydrogen-bond donors (Lipinski definition) is 0. The second-order valence-electron chi connectivity index (χ2n) is 14.5. The van der Waals surface area contributed by atoms with Crippen LogP contribution in [0.2, 0.25) is 0 Å². The molecular weight excluding hydrogens is 645 g/mol. The first-order chi connectivity index (χ1) is 26.2. The third-order valence-corrected chi connectivity index (χ3v) is 12.0. The molecule has 3 nitrogen and oxygen atoms in total. The van der Waals surface area contributed by atoms with Crippen LogP contribution >= 0.6 is 0 Å². The Bertz CT molecular complexity index is 3490. The standard InChI is InChI=1S/C50H26N2O/c53-50-39-26-22-35-33-20-24-37-44-31(28-11-5-2-6-12-28)18-17-30(27-9-3-1-4-10-27)43(44)36-23-19-32(45(33)47(36)37)34-21-25-38(48(39)46(34)35)49-51-40-15-7-13-29-14-8-16-41(42(29)40)52(49)50/h1-26H. The lowest BCUT2D eigenvalue weighted by molar-refractivity contribution is 1.15. The number of pyridine rings is 1. The van der Waals surface area contributed by atoms with Gasteiger partial charge in [-0.1, -0.05) is 133 Å². The van der Waals surface area contributed by atoms with Crippen LogP contribution in [0.3, 0.4) is 0 Å². The Kier molecular flexibility index (Phi) is 5.00. The topological polar surface area (TPSA) is 34.4 Å². The Labute approximate surface area is 302 Å². The molecule has 2 aromatic heterocycles. The molecule has 0 aliphatic heterocycles. The zero-order chi connectivity index (χ0) is 34.5. The van der Waals surface area contributed by atoms with E-state index in [0.717, 1.165) is 43.4 Å². The monoisotopic (exact) mass is 670 g/mol. The molecule has 13 rings (SSSR count). The minimum absolute atomic E-state index is 0.0289. The molecule has 0 unspecified atom stereocenters. The largest absolute Gasteiger partial charge is 0.268 e. The summed E-state index contributed by atoms with van der Waals surface area (Å²) in [6, 6.07) is 56.5. The predicted molar refractivity (Wildman–Crippen MR) is 222 cm³/mol. The highest BCUT2D eigenvalue weighted by atomic mass is 16.1. The van der Waals surface area contributed by atoms with Gasteiger partial charge in [0.2, 0.25) is 0 Å². The molecule has 2 heterocycles. The molecule has 0 radical (unpaired) electrons. The molecule has 0 N–H and O–H groups in total. The molecular formula is C50H26N2O. The van der Waals surface area contributed by atoms with Crippen LogP contribution in [0.5, 0.6) is 0 Å². The van der Waals surface area contributed by atoms with Crippen molar-refractivity contribution in [2.75, 3.05) is 0 Å². The lowest BCUT2D eigenvalue weighted by Crippen LogP contribution is -2.16. The summed E-state index contributed by atoms with van der Waals surface area (Å²) in [5, 5.41) is 13.3. The van der Waals surface area contributed by atoms with Crippen LogP contribution in [0.15, 0.2) is 163 Å². The van der Waals surface area contributed by atoms with Crippen molar-refractivity contribution >= 4 is 81.3 Å². The third kappa shape index (κ3) is 3.31. The summed E-state index contributed by atoms with van der Waals surface area (Å²) in [7, 11) is 0. The van der Waals surface area contributed by atoms with Crippen LogP contribution in [0.25, 0.3) is 126 Å². The van der Waals surface area contributed by atoms with E-state index in [9.17, 15) is 4.79 Å². The van der Waals surface area contributed by atoms with Crippen LogP contribution in [-0.2, 0) is 0 Å². The van der Waals surface area contributed by atoms with Gasteiger partial charge in [0.25, 0.3) is 5.56 Å². The number of rotatable bonds is 2. The lowest BCUT2D eigenvalue weighted by atomic mass is 9.86. The molecule has 3 heteroatoms. The summed E-state index contributed by atoms with van der Waals surface area (Å²) in [4.78, 5) is 19.8. The van der Waals surface area contributed by atoms with Crippen molar-refractivity contribution < 1.29 is 0 Å². The molecule has 0 fully saturated rings. The Morgan fingerprint density at radius 3 is 1.49 bits per heavy atom. The normalized spacial score (nSPS) is 12.6. The highest BCUT2D eigenvalue weighted by Crippen LogP contribution is 2.57. The van der Waals surface area contributed by atoms with Gasteiger partial charge in [-0.15, -0.1) is 0 Å². The average Bonchev–Trinajstić information content (AvgIpc) is 3.56. The maximum Gasteiger partial charge on any atom is 0.264 e. The first-order valence-corrected chi connectivity index (χ1v) is 18.2. The van der Waals surface area contributed by atoms with Crippen molar-refractivity contribution in [2.24, 2.45) is 0 Å². The zero-order valence-electron chi connectivity index (χ0n) is 28.3. The van der Waals surface area contributed by atoms with Crippen LogP contribution in [0.1, 0.15) is 0 Å². The van der Waals surface area contributed by atoms with Gasteiger partial charge in [-0.25, -0.2) is 4.98 Å². The van der Waals surface area contributed by atoms with Gasteiger partial charge >= 0.3 is 0 Å². The Morgan fingerprint density at radius 1 is 0.377 bits per heavy atom. The quantitative estimate of drug-likeness (QED) is 0.135. The molecule has 0 bridgehead atoms. The van der Waals surface area contributed by atoms with Crippen LogP contribution < -0.4 is 5.56 Å². The molecule has 53 heavy (non-hydrogen) atoms. The third-order valence-electron chi connectivity index (χ3n) is 12.0. The summed E-state index contributed by atoms with van der Waals surface area (Å²) in [5.74, 6) is 0. The molecule has 0 amide bonds. The van der Waals surface area contributed by atoms with E-state index in [4.69, 9.17) is 4.98 Å². The van der Waals surface area contributed by atoms with Crippen molar-refractivity contribution in [1.82, 2.24) is 9.38 Å². The summed E-state index contributed by atoms with van der Waals surface area (Å²) in [6.45, 7) is 0. The Balaban J connectivity index is 1.18. The van der Waals surface area contributed by atoms with Crippen molar-refractivity contribution in [1.29, 1.82) is 0 Å². The van der Waals surface area contributed by atoms with Gasteiger partial charge < -0.3 is 0 Å². The van der Waals surface area contributed by atoms with E-state index < -0.39 is 0 Å². The van der Waals surface area contributed by atoms with Gasteiger partial charge in [-0.2, -0.15) is 0 Å². The fraction of sp³-hybridized carbons (Fsp3) is 0. The predicted octanol–water partition coefficient (Wildman–Crippen LogP) is 12.6. The number of fused-ring (bicyclic) bond motifs is 8. The SMILES string of the molecule is O=c1c2ccc3c4ccc5c6c(ccc(c7ccc(c2c37)c2nc3cccc7cccc(c73)n12)c64)-c1c(-c2ccccc2)ccc(-c2ccccc2)c1-5. The van der Waals surface area contributed by atoms with E-state index in [-0.39, 0.29) is 5.56 Å². The number of benzene rings is 10. The molecule has 1 aliphatic rings. The minimum atomic E-state index is -0.0289. The van der Waals surface area contributed by atoms with Gasteiger partial charge in [0.05, 0.1) is 11.0 Å². The van der Waals surface area contributed by atoms with Gasteiger partial charge in [0, 0.05) is 21.5 Å². The van der Waals surface area contributed by atoms with E-state index in [0.29, 0.717) is 5.65 Å². The van der Waals surface area contributed by atoms with E-state index in [1.54, 1.807) is 0 Å². The Morgan fingerprint density at radius 2 is 0.868 bits per heavy atom. The maximum absolute atomic E-state index is 14.6. The first-order valence-electron chi connectivity index (χ1n) is 18.2. The molecule has 0 saturated carbocycles. The number of nitrogens with zero attached hydrogens (tertiary/aromatic N) is 2. The van der Waals surface area contributed by atoms with Crippen LogP contribution in [-0.4, -0.2) is 9.38 Å². The van der Waals surface area contributed by atoms with Gasteiger partial charge in [0.1, 0.15) is 5.65 Å². The average molecular weight is 671 g/mol. The van der Waals surface area contributed by atoms with E-state index in [1.165, 1.54) is 76.8 Å². The maximum atomic E-state index is 14.6. The van der Waals surface area contributed by atoms with Crippen molar-refractivity contribution in [3.05, 3.63) is 168 Å².